The third kappa shape index (κ3) is 4.32. The predicted octanol–water partition coefficient (Wildman–Crippen LogP) is 4.69. The number of allylic oxidation sites excluding steroid dienone is 4. The molecule has 3 atom stereocenters. The van der Waals surface area contributed by atoms with E-state index >= 15 is 0 Å². The summed E-state index contributed by atoms with van der Waals surface area (Å²) in [5.41, 5.74) is 2.53. The Labute approximate surface area is 151 Å². The van der Waals surface area contributed by atoms with Gasteiger partial charge in [0.2, 0.25) is 0 Å². The molecule has 3 heteroatoms. The van der Waals surface area contributed by atoms with Gasteiger partial charge in [-0.25, -0.2) is 0 Å². The van der Waals surface area contributed by atoms with Gasteiger partial charge in [0.25, 0.3) is 0 Å². The average molecular weight is 354 g/mol. The third-order valence-corrected chi connectivity index (χ3v) is 5.98. The Morgan fingerprint density at radius 3 is 2.75 bits per heavy atom. The van der Waals surface area contributed by atoms with Crippen molar-refractivity contribution in [3.63, 3.8) is 0 Å². The van der Waals surface area contributed by atoms with Crippen LogP contribution in [0.25, 0.3) is 0 Å². The Hall–Kier alpha value is -1.50. The lowest BCUT2D eigenvalue weighted by molar-refractivity contribution is 0.479. The van der Waals surface area contributed by atoms with Crippen molar-refractivity contribution < 1.29 is 5.11 Å². The lowest BCUT2D eigenvalue weighted by Gasteiger charge is -2.16. The number of phenolic OH excluding ortho intramolecular Hbond substituents is 1. The number of thiol groups is 1. The van der Waals surface area contributed by atoms with Gasteiger partial charge in [-0.2, -0.15) is 12.6 Å². The summed E-state index contributed by atoms with van der Waals surface area (Å²) in [4.78, 5) is 0. The van der Waals surface area contributed by atoms with E-state index in [1.165, 1.54) is 16.4 Å². The molecule has 1 aliphatic carbocycles. The largest absolute Gasteiger partial charge is 0.507 e. The Kier molecular flexibility index (Phi) is 5.81. The summed E-state index contributed by atoms with van der Waals surface area (Å²) in [6.07, 6.45) is 10.8. The maximum absolute atomic E-state index is 10.3. The van der Waals surface area contributed by atoms with Gasteiger partial charge in [0.1, 0.15) is 5.75 Å². The molecule has 0 heterocycles. The second-order valence-electron chi connectivity index (χ2n) is 6.25. The molecule has 0 radical (unpaired) electrons. The van der Waals surface area contributed by atoms with E-state index in [9.17, 15) is 5.11 Å². The van der Waals surface area contributed by atoms with Crippen LogP contribution in [0.1, 0.15) is 29.7 Å². The predicted molar refractivity (Wildman–Crippen MR) is 110 cm³/mol. The topological polar surface area (TPSA) is 20.2 Å². The Morgan fingerprint density at radius 2 is 2.00 bits per heavy atom. The maximum atomic E-state index is 10.3. The van der Waals surface area contributed by atoms with Crippen molar-refractivity contribution in [1.29, 1.82) is 0 Å². The molecule has 2 aromatic carbocycles. The van der Waals surface area contributed by atoms with E-state index in [1.807, 2.05) is 12.1 Å². The molecular formula is C21H23OPS. The number of rotatable bonds is 5. The summed E-state index contributed by atoms with van der Waals surface area (Å²) in [5.74, 6) is 0.943. The van der Waals surface area contributed by atoms with Crippen molar-refractivity contribution in [3.8, 4) is 5.75 Å². The van der Waals surface area contributed by atoms with Gasteiger partial charge in [-0.1, -0.05) is 63.2 Å². The highest BCUT2D eigenvalue weighted by atomic mass is 32.1. The first-order valence-electron chi connectivity index (χ1n) is 8.32. The standard InChI is InChI=1S/C21H23OPS/c1-15(24)18-9-5-6-10-20(18)23-21-14-17(11-12-19(21)22)13-16-7-3-2-4-8-16/h2-7,9-12,14-16,22-24H,8,13H2,1H3. The van der Waals surface area contributed by atoms with E-state index in [-0.39, 0.29) is 5.25 Å². The molecule has 0 fully saturated rings. The van der Waals surface area contributed by atoms with Crippen molar-refractivity contribution >= 4 is 31.8 Å². The van der Waals surface area contributed by atoms with E-state index in [1.54, 1.807) is 0 Å². The third-order valence-electron chi connectivity index (χ3n) is 4.31. The van der Waals surface area contributed by atoms with Crippen LogP contribution in [-0.2, 0) is 6.42 Å². The highest BCUT2D eigenvalue weighted by Crippen LogP contribution is 2.27. The van der Waals surface area contributed by atoms with E-state index in [2.05, 4.69) is 74.2 Å². The molecule has 3 rings (SSSR count). The van der Waals surface area contributed by atoms with E-state index in [0.717, 1.165) is 18.1 Å². The van der Waals surface area contributed by atoms with Crippen molar-refractivity contribution in [3.05, 3.63) is 77.9 Å². The average Bonchev–Trinajstić information content (AvgIpc) is 2.59. The number of aromatic hydroxyl groups is 1. The molecule has 0 bridgehead atoms. The van der Waals surface area contributed by atoms with Gasteiger partial charge in [-0.3, -0.25) is 0 Å². The molecule has 0 aliphatic heterocycles. The quantitative estimate of drug-likeness (QED) is 0.590. The summed E-state index contributed by atoms with van der Waals surface area (Å²) >= 11 is 4.59. The minimum absolute atomic E-state index is 0.193. The Balaban J connectivity index is 1.82. The first-order valence-corrected chi connectivity index (χ1v) is 9.84. The molecule has 1 aliphatic rings. The molecule has 0 saturated heterocycles. The lowest BCUT2D eigenvalue weighted by atomic mass is 9.93. The van der Waals surface area contributed by atoms with Gasteiger partial charge in [-0.05, 0) is 54.2 Å². The number of phenols is 1. The van der Waals surface area contributed by atoms with E-state index < -0.39 is 0 Å². The van der Waals surface area contributed by atoms with Gasteiger partial charge < -0.3 is 5.11 Å². The zero-order chi connectivity index (χ0) is 16.9. The van der Waals surface area contributed by atoms with Crippen molar-refractivity contribution in [2.75, 3.05) is 0 Å². The lowest BCUT2D eigenvalue weighted by Crippen LogP contribution is -2.11. The summed E-state index contributed by atoms with van der Waals surface area (Å²) in [6, 6.07) is 14.4. The molecule has 0 spiro atoms. The second kappa shape index (κ2) is 8.05. The van der Waals surface area contributed by atoms with E-state index in [0.29, 0.717) is 20.2 Å². The maximum Gasteiger partial charge on any atom is 0.123 e. The van der Waals surface area contributed by atoms with Crippen LogP contribution in [0.2, 0.25) is 0 Å². The molecule has 0 aromatic heterocycles. The van der Waals surface area contributed by atoms with Crippen LogP contribution in [0, 0.1) is 5.92 Å². The number of benzene rings is 2. The van der Waals surface area contributed by atoms with Crippen LogP contribution in [0.3, 0.4) is 0 Å². The first kappa shape index (κ1) is 17.3. The summed E-state index contributed by atoms with van der Waals surface area (Å²) < 4.78 is 0. The van der Waals surface area contributed by atoms with Crippen LogP contribution in [0.5, 0.6) is 5.75 Å². The number of hydrogen-bond donors (Lipinski definition) is 2. The molecule has 1 nitrogen and oxygen atoms in total. The van der Waals surface area contributed by atoms with Crippen LogP contribution in [0.15, 0.2) is 66.8 Å². The van der Waals surface area contributed by atoms with Crippen molar-refractivity contribution in [2.24, 2.45) is 5.92 Å². The van der Waals surface area contributed by atoms with Crippen molar-refractivity contribution in [1.82, 2.24) is 0 Å². The van der Waals surface area contributed by atoms with Crippen LogP contribution < -0.4 is 10.6 Å². The summed E-state index contributed by atoms with van der Waals surface area (Å²) in [7, 11) is 0.445. The summed E-state index contributed by atoms with van der Waals surface area (Å²) in [5, 5.41) is 12.8. The summed E-state index contributed by atoms with van der Waals surface area (Å²) in [6.45, 7) is 2.09. The van der Waals surface area contributed by atoms with Crippen molar-refractivity contribution in [2.45, 2.75) is 25.0 Å². The van der Waals surface area contributed by atoms with Gasteiger partial charge in [0.15, 0.2) is 0 Å². The number of hydrogen-bond acceptors (Lipinski definition) is 2. The molecule has 0 saturated carbocycles. The fourth-order valence-electron chi connectivity index (χ4n) is 3.02. The molecule has 24 heavy (non-hydrogen) atoms. The molecule has 124 valence electrons. The monoisotopic (exact) mass is 354 g/mol. The normalized spacial score (nSPS) is 18.3. The zero-order valence-corrected chi connectivity index (χ0v) is 15.7. The van der Waals surface area contributed by atoms with Gasteiger partial charge in [0.05, 0.1) is 0 Å². The molecule has 2 aromatic rings. The van der Waals surface area contributed by atoms with Crippen LogP contribution >= 0.6 is 21.2 Å². The second-order valence-corrected chi connectivity index (χ2v) is 8.35. The Morgan fingerprint density at radius 1 is 1.17 bits per heavy atom. The zero-order valence-electron chi connectivity index (χ0n) is 13.8. The Bertz CT molecular complexity index is 764. The molecular weight excluding hydrogens is 331 g/mol. The molecule has 1 N–H and O–H groups in total. The fraction of sp³-hybridized carbons (Fsp3) is 0.238. The van der Waals surface area contributed by atoms with Crippen LogP contribution in [0.4, 0.5) is 0 Å². The molecule has 3 unspecified atom stereocenters. The smallest absolute Gasteiger partial charge is 0.123 e. The minimum atomic E-state index is 0.193. The van der Waals surface area contributed by atoms with E-state index in [4.69, 9.17) is 0 Å². The first-order chi connectivity index (χ1) is 11.6. The molecule has 0 amide bonds. The minimum Gasteiger partial charge on any atom is -0.507 e. The van der Waals surface area contributed by atoms with Gasteiger partial charge >= 0.3 is 0 Å². The van der Waals surface area contributed by atoms with Crippen LogP contribution in [-0.4, -0.2) is 5.11 Å². The van der Waals surface area contributed by atoms with Gasteiger partial charge in [0, 0.05) is 10.6 Å². The highest BCUT2D eigenvalue weighted by molar-refractivity contribution is 7.80. The fourth-order valence-corrected chi connectivity index (χ4v) is 4.75. The SMILES string of the molecule is CC(S)c1ccccc1Pc1cc(CC2C=CC=CC2)ccc1O. The van der Waals surface area contributed by atoms with Gasteiger partial charge in [-0.15, -0.1) is 0 Å². The highest BCUT2D eigenvalue weighted by Gasteiger charge is 2.12.